The minimum Gasteiger partial charge on any atom is -0.379 e. The van der Waals surface area contributed by atoms with Crippen molar-refractivity contribution in [2.45, 2.75) is 24.6 Å². The lowest BCUT2D eigenvalue weighted by Gasteiger charge is -2.22. The summed E-state index contributed by atoms with van der Waals surface area (Å²) in [7, 11) is 0. The fourth-order valence-electron chi connectivity index (χ4n) is 1.16. The summed E-state index contributed by atoms with van der Waals surface area (Å²) in [5, 5.41) is 0. The van der Waals surface area contributed by atoms with Crippen LogP contribution in [0.1, 0.15) is 12.8 Å². The summed E-state index contributed by atoms with van der Waals surface area (Å²) in [6.07, 6.45) is -4.82. The highest BCUT2D eigenvalue weighted by Gasteiger charge is 2.42. The summed E-state index contributed by atoms with van der Waals surface area (Å²) < 4.78 is 40.2. The normalized spacial score (nSPS) is 32.7. The molecule has 1 unspecified atom stereocenters. The smallest absolute Gasteiger partial charge is 0.379 e. The van der Waals surface area contributed by atoms with E-state index in [0.29, 0.717) is 13.0 Å². The highest BCUT2D eigenvalue weighted by molar-refractivity contribution is 4.89. The molecule has 66 valence electrons. The first-order chi connectivity index (χ1) is 4.91. The van der Waals surface area contributed by atoms with E-state index in [1.165, 1.54) is 0 Å². The average Bonchev–Trinajstić information content (AvgIpc) is 2.09. The molecule has 1 fully saturated rings. The van der Waals surface area contributed by atoms with E-state index in [0.717, 1.165) is 0 Å². The van der Waals surface area contributed by atoms with Gasteiger partial charge in [0.05, 0.1) is 18.6 Å². The second-order valence-corrected chi connectivity index (χ2v) is 2.96. The van der Waals surface area contributed by atoms with Crippen LogP contribution >= 0.6 is 0 Å². The standard InChI is InChI=1S/C6H10F3NO/c7-6(8,9)3-5(10)1-2-11-4-5/h1-4,10H2. The molecule has 2 N–H and O–H groups in total. The molecule has 1 aliphatic heterocycles. The van der Waals surface area contributed by atoms with Crippen LogP contribution in [-0.2, 0) is 4.74 Å². The Morgan fingerprint density at radius 2 is 2.09 bits per heavy atom. The van der Waals surface area contributed by atoms with Crippen LogP contribution in [-0.4, -0.2) is 24.9 Å². The molecule has 1 rings (SSSR count). The molecule has 5 heteroatoms. The zero-order valence-electron chi connectivity index (χ0n) is 5.95. The number of rotatable bonds is 1. The Morgan fingerprint density at radius 1 is 1.45 bits per heavy atom. The molecule has 11 heavy (non-hydrogen) atoms. The molecule has 0 saturated carbocycles. The van der Waals surface area contributed by atoms with Gasteiger partial charge in [-0.15, -0.1) is 0 Å². The molecule has 0 aromatic carbocycles. The third-order valence-electron chi connectivity index (χ3n) is 1.69. The van der Waals surface area contributed by atoms with Crippen LogP contribution in [0.25, 0.3) is 0 Å². The molecular weight excluding hydrogens is 159 g/mol. The Bertz CT molecular complexity index is 139. The molecule has 0 bridgehead atoms. The average molecular weight is 169 g/mol. The van der Waals surface area contributed by atoms with Gasteiger partial charge in [0, 0.05) is 6.61 Å². The van der Waals surface area contributed by atoms with Crippen LogP contribution in [0.15, 0.2) is 0 Å². The number of nitrogens with two attached hydrogens (primary N) is 1. The summed E-state index contributed by atoms with van der Waals surface area (Å²) >= 11 is 0. The second kappa shape index (κ2) is 2.64. The Labute approximate surface area is 62.5 Å². The van der Waals surface area contributed by atoms with E-state index in [1.54, 1.807) is 0 Å². The van der Waals surface area contributed by atoms with Gasteiger partial charge in [0.1, 0.15) is 0 Å². The first kappa shape index (κ1) is 8.80. The Kier molecular flexibility index (Phi) is 2.11. The van der Waals surface area contributed by atoms with Crippen LogP contribution in [0.5, 0.6) is 0 Å². The Hall–Kier alpha value is -0.290. The minimum absolute atomic E-state index is 0.0203. The summed E-state index contributed by atoms with van der Waals surface area (Å²) in [6, 6.07) is 0. The van der Waals surface area contributed by atoms with Gasteiger partial charge in [-0.05, 0) is 6.42 Å². The van der Waals surface area contributed by atoms with Crippen LogP contribution < -0.4 is 5.73 Å². The van der Waals surface area contributed by atoms with E-state index in [9.17, 15) is 13.2 Å². The second-order valence-electron chi connectivity index (χ2n) is 2.96. The topological polar surface area (TPSA) is 35.2 Å². The van der Waals surface area contributed by atoms with Crippen molar-refractivity contribution in [1.29, 1.82) is 0 Å². The highest BCUT2D eigenvalue weighted by atomic mass is 19.4. The molecule has 0 amide bonds. The molecule has 0 aromatic rings. The van der Waals surface area contributed by atoms with Crippen molar-refractivity contribution in [2.24, 2.45) is 5.73 Å². The van der Waals surface area contributed by atoms with Gasteiger partial charge in [-0.3, -0.25) is 0 Å². The van der Waals surface area contributed by atoms with Gasteiger partial charge < -0.3 is 10.5 Å². The van der Waals surface area contributed by atoms with E-state index in [1.807, 2.05) is 0 Å². The van der Waals surface area contributed by atoms with E-state index in [-0.39, 0.29) is 6.61 Å². The SMILES string of the molecule is NC1(CC(F)(F)F)CCOC1. The lowest BCUT2D eigenvalue weighted by molar-refractivity contribution is -0.147. The fraction of sp³-hybridized carbons (Fsp3) is 1.00. The molecule has 0 spiro atoms. The van der Waals surface area contributed by atoms with Crippen molar-refractivity contribution in [3.63, 3.8) is 0 Å². The third-order valence-corrected chi connectivity index (χ3v) is 1.69. The molecule has 1 saturated heterocycles. The van der Waals surface area contributed by atoms with E-state index < -0.39 is 18.1 Å². The van der Waals surface area contributed by atoms with Gasteiger partial charge in [-0.25, -0.2) is 0 Å². The van der Waals surface area contributed by atoms with Crippen molar-refractivity contribution in [3.05, 3.63) is 0 Å². The number of alkyl halides is 3. The van der Waals surface area contributed by atoms with Gasteiger partial charge in [-0.1, -0.05) is 0 Å². The van der Waals surface area contributed by atoms with Gasteiger partial charge >= 0.3 is 6.18 Å². The number of ether oxygens (including phenoxy) is 1. The van der Waals surface area contributed by atoms with Gasteiger partial charge in [0.15, 0.2) is 0 Å². The van der Waals surface area contributed by atoms with E-state index >= 15 is 0 Å². The largest absolute Gasteiger partial charge is 0.390 e. The quantitative estimate of drug-likeness (QED) is 0.636. The zero-order valence-corrected chi connectivity index (χ0v) is 5.95. The summed E-state index contributed by atoms with van der Waals surface area (Å²) in [5.41, 5.74) is 4.23. The first-order valence-electron chi connectivity index (χ1n) is 3.35. The molecule has 1 aliphatic rings. The summed E-state index contributed by atoms with van der Waals surface area (Å²) in [4.78, 5) is 0. The molecule has 0 aromatic heterocycles. The Balaban J connectivity index is 2.46. The van der Waals surface area contributed by atoms with Crippen molar-refractivity contribution < 1.29 is 17.9 Å². The number of hydrogen-bond acceptors (Lipinski definition) is 2. The molecule has 1 atom stereocenters. The highest BCUT2D eigenvalue weighted by Crippen LogP contribution is 2.30. The lowest BCUT2D eigenvalue weighted by Crippen LogP contribution is -2.44. The predicted molar refractivity (Wildman–Crippen MR) is 33.0 cm³/mol. The maximum atomic E-state index is 11.8. The maximum Gasteiger partial charge on any atom is 0.390 e. The number of hydrogen-bond donors (Lipinski definition) is 1. The fourth-order valence-corrected chi connectivity index (χ4v) is 1.16. The molecular formula is C6H10F3NO. The monoisotopic (exact) mass is 169 g/mol. The van der Waals surface area contributed by atoms with Crippen molar-refractivity contribution in [1.82, 2.24) is 0 Å². The van der Waals surface area contributed by atoms with Crippen LogP contribution in [0, 0.1) is 0 Å². The van der Waals surface area contributed by atoms with Crippen molar-refractivity contribution in [3.8, 4) is 0 Å². The van der Waals surface area contributed by atoms with E-state index in [2.05, 4.69) is 0 Å². The predicted octanol–water partition coefficient (Wildman–Crippen LogP) is 1.06. The maximum absolute atomic E-state index is 11.8. The van der Waals surface area contributed by atoms with Crippen LogP contribution in [0.4, 0.5) is 13.2 Å². The molecule has 2 nitrogen and oxygen atoms in total. The first-order valence-corrected chi connectivity index (χ1v) is 3.35. The molecule has 0 aliphatic carbocycles. The van der Waals surface area contributed by atoms with Crippen LogP contribution in [0.2, 0.25) is 0 Å². The Morgan fingerprint density at radius 3 is 2.45 bits per heavy atom. The molecule has 0 radical (unpaired) electrons. The zero-order chi connectivity index (χ0) is 8.54. The van der Waals surface area contributed by atoms with Gasteiger partial charge in [-0.2, -0.15) is 13.2 Å². The number of halogens is 3. The minimum atomic E-state index is -4.18. The summed E-state index contributed by atoms with van der Waals surface area (Å²) in [5.74, 6) is 0. The lowest BCUT2D eigenvalue weighted by atomic mass is 9.96. The summed E-state index contributed by atoms with van der Waals surface area (Å²) in [6.45, 7) is 0.360. The van der Waals surface area contributed by atoms with Crippen LogP contribution in [0.3, 0.4) is 0 Å². The van der Waals surface area contributed by atoms with Gasteiger partial charge in [0.2, 0.25) is 0 Å². The third kappa shape index (κ3) is 2.67. The van der Waals surface area contributed by atoms with Gasteiger partial charge in [0.25, 0.3) is 0 Å². The van der Waals surface area contributed by atoms with Crippen molar-refractivity contribution >= 4 is 0 Å². The molecule has 1 heterocycles. The van der Waals surface area contributed by atoms with E-state index in [4.69, 9.17) is 10.5 Å². The van der Waals surface area contributed by atoms with Crippen molar-refractivity contribution in [2.75, 3.05) is 13.2 Å².